The molecule has 7 nitrogen and oxygen atoms in total. The van der Waals surface area contributed by atoms with Crippen LogP contribution in [0, 0.1) is 5.92 Å². The highest BCUT2D eigenvalue weighted by atomic mass is 32.2. The highest BCUT2D eigenvalue weighted by Gasteiger charge is 2.29. The molecule has 2 aromatic carbocycles. The first-order valence-corrected chi connectivity index (χ1v) is 12.4. The molecule has 2 amide bonds. The van der Waals surface area contributed by atoms with Crippen LogP contribution in [-0.2, 0) is 32.5 Å². The molecular formula is C24H31N3O4S. The Hall–Kier alpha value is -2.71. The Morgan fingerprint density at radius 3 is 2.38 bits per heavy atom. The van der Waals surface area contributed by atoms with Gasteiger partial charge in [0.1, 0.15) is 6.04 Å². The fourth-order valence-electron chi connectivity index (χ4n) is 3.86. The fraction of sp³-hybridized carbons (Fsp3) is 0.417. The Morgan fingerprint density at radius 1 is 1.09 bits per heavy atom. The largest absolute Gasteiger partial charge is 0.325 e. The summed E-state index contributed by atoms with van der Waals surface area (Å²) in [6.45, 7) is 7.97. The lowest BCUT2D eigenvalue weighted by Crippen LogP contribution is -2.44. The van der Waals surface area contributed by atoms with Crippen molar-refractivity contribution in [1.29, 1.82) is 0 Å². The van der Waals surface area contributed by atoms with Gasteiger partial charge in [0.2, 0.25) is 21.8 Å². The first-order valence-electron chi connectivity index (χ1n) is 10.9. The van der Waals surface area contributed by atoms with Crippen molar-refractivity contribution in [2.45, 2.75) is 57.9 Å². The maximum atomic E-state index is 13.1. The zero-order chi connectivity index (χ0) is 23.5. The molecule has 0 radical (unpaired) electrons. The monoisotopic (exact) mass is 457 g/mol. The maximum absolute atomic E-state index is 13.1. The van der Waals surface area contributed by atoms with Gasteiger partial charge in [0.05, 0.1) is 4.90 Å². The van der Waals surface area contributed by atoms with E-state index in [1.54, 1.807) is 17.0 Å². The topological polar surface area (TPSA) is 95.6 Å². The second kappa shape index (κ2) is 9.83. The van der Waals surface area contributed by atoms with Crippen molar-refractivity contribution < 1.29 is 18.0 Å². The number of carbonyl (C=O) groups is 2. The Morgan fingerprint density at radius 2 is 1.78 bits per heavy atom. The van der Waals surface area contributed by atoms with E-state index in [4.69, 9.17) is 0 Å². The van der Waals surface area contributed by atoms with Gasteiger partial charge >= 0.3 is 0 Å². The molecule has 1 heterocycles. The summed E-state index contributed by atoms with van der Waals surface area (Å²) in [7, 11) is -3.93. The van der Waals surface area contributed by atoms with Gasteiger partial charge in [0.25, 0.3) is 0 Å². The van der Waals surface area contributed by atoms with E-state index in [-0.39, 0.29) is 16.7 Å². The van der Waals surface area contributed by atoms with E-state index in [0.717, 1.165) is 23.2 Å². The van der Waals surface area contributed by atoms with E-state index in [0.29, 0.717) is 25.1 Å². The molecule has 2 N–H and O–H groups in total. The number of hydrogen-bond acceptors (Lipinski definition) is 4. The number of fused-ring (bicyclic) bond motifs is 1. The van der Waals surface area contributed by atoms with Crippen LogP contribution in [0.5, 0.6) is 0 Å². The van der Waals surface area contributed by atoms with Crippen molar-refractivity contribution in [2.24, 2.45) is 5.92 Å². The second-order valence-electron chi connectivity index (χ2n) is 8.55. The van der Waals surface area contributed by atoms with Gasteiger partial charge in [-0.2, -0.15) is 4.72 Å². The molecule has 0 saturated heterocycles. The quantitative estimate of drug-likeness (QED) is 0.634. The van der Waals surface area contributed by atoms with Gasteiger partial charge in [-0.15, -0.1) is 0 Å². The fourth-order valence-corrected chi connectivity index (χ4v) is 5.12. The smallest absolute Gasteiger partial charge is 0.242 e. The van der Waals surface area contributed by atoms with Gasteiger partial charge < -0.3 is 10.2 Å². The van der Waals surface area contributed by atoms with Gasteiger partial charge in [0, 0.05) is 24.8 Å². The Labute approximate surface area is 190 Å². The Kier molecular flexibility index (Phi) is 7.36. The summed E-state index contributed by atoms with van der Waals surface area (Å²) in [6.07, 6.45) is 1.86. The summed E-state index contributed by atoms with van der Waals surface area (Å²) in [6, 6.07) is 11.3. The number of anilines is 2. The van der Waals surface area contributed by atoms with Crippen molar-refractivity contribution in [3.8, 4) is 0 Å². The van der Waals surface area contributed by atoms with E-state index in [2.05, 4.69) is 17.0 Å². The van der Waals surface area contributed by atoms with Gasteiger partial charge in [0.15, 0.2) is 0 Å². The molecule has 0 saturated carbocycles. The molecule has 0 aliphatic carbocycles. The van der Waals surface area contributed by atoms with Crippen LogP contribution >= 0.6 is 0 Å². The average molecular weight is 458 g/mol. The summed E-state index contributed by atoms with van der Waals surface area (Å²) in [5.41, 5.74) is 3.33. The SMILES string of the molecule is CCc1ccc(NC(=O)[C@H](CC(C)C)NS(=O)(=O)c2ccc3c(c2)CCN3C(C)=O)cc1. The summed E-state index contributed by atoms with van der Waals surface area (Å²) in [5, 5.41) is 2.82. The summed E-state index contributed by atoms with van der Waals surface area (Å²) in [5.74, 6) is -0.353. The molecule has 0 spiro atoms. The number of hydrogen-bond donors (Lipinski definition) is 2. The highest BCUT2D eigenvalue weighted by Crippen LogP contribution is 2.30. The summed E-state index contributed by atoms with van der Waals surface area (Å²) < 4.78 is 28.8. The van der Waals surface area contributed by atoms with E-state index in [9.17, 15) is 18.0 Å². The third kappa shape index (κ3) is 5.55. The molecule has 172 valence electrons. The lowest BCUT2D eigenvalue weighted by Gasteiger charge is -2.21. The van der Waals surface area contributed by atoms with Gasteiger partial charge in [-0.25, -0.2) is 8.42 Å². The number of benzene rings is 2. The van der Waals surface area contributed by atoms with Crippen molar-refractivity contribution in [1.82, 2.24) is 4.72 Å². The van der Waals surface area contributed by atoms with Crippen LogP contribution < -0.4 is 14.9 Å². The van der Waals surface area contributed by atoms with E-state index >= 15 is 0 Å². The third-order valence-electron chi connectivity index (χ3n) is 5.59. The van der Waals surface area contributed by atoms with Crippen LogP contribution in [0.15, 0.2) is 47.4 Å². The number of amides is 2. The zero-order valence-electron chi connectivity index (χ0n) is 19.0. The van der Waals surface area contributed by atoms with Crippen LogP contribution in [0.4, 0.5) is 11.4 Å². The molecule has 1 aliphatic heterocycles. The molecule has 0 aromatic heterocycles. The molecule has 1 atom stereocenters. The minimum absolute atomic E-state index is 0.0712. The van der Waals surface area contributed by atoms with E-state index < -0.39 is 22.0 Å². The van der Waals surface area contributed by atoms with Crippen molar-refractivity contribution in [3.63, 3.8) is 0 Å². The second-order valence-corrected chi connectivity index (χ2v) is 10.3. The first-order chi connectivity index (χ1) is 15.1. The number of aryl methyl sites for hydroxylation is 1. The number of carbonyl (C=O) groups excluding carboxylic acids is 2. The van der Waals surface area contributed by atoms with Crippen LogP contribution in [0.1, 0.15) is 45.2 Å². The van der Waals surface area contributed by atoms with Crippen molar-refractivity contribution in [2.75, 3.05) is 16.8 Å². The maximum Gasteiger partial charge on any atom is 0.242 e. The minimum Gasteiger partial charge on any atom is -0.325 e. The normalized spacial score (nSPS) is 14.3. The van der Waals surface area contributed by atoms with E-state index in [1.165, 1.54) is 13.0 Å². The summed E-state index contributed by atoms with van der Waals surface area (Å²) >= 11 is 0. The lowest BCUT2D eigenvalue weighted by molar-refractivity contribution is -0.118. The number of nitrogens with one attached hydrogen (secondary N) is 2. The predicted octanol–water partition coefficient (Wildman–Crippen LogP) is 3.49. The Balaban J connectivity index is 1.79. The van der Waals surface area contributed by atoms with Crippen LogP contribution in [0.25, 0.3) is 0 Å². The standard InChI is InChI=1S/C24H31N3O4S/c1-5-18-6-8-20(9-7-18)25-24(29)22(14-16(2)3)26-32(30,31)21-10-11-23-19(15-21)12-13-27(23)17(4)28/h6-11,15-16,22,26H,5,12-14H2,1-4H3,(H,25,29)/t22-/m0/s1. The predicted molar refractivity (Wildman–Crippen MR) is 126 cm³/mol. The van der Waals surface area contributed by atoms with Gasteiger partial charge in [-0.1, -0.05) is 32.9 Å². The molecule has 0 unspecified atom stereocenters. The molecule has 0 fully saturated rings. The Bertz CT molecular complexity index is 1090. The van der Waals surface area contributed by atoms with Crippen molar-refractivity contribution in [3.05, 3.63) is 53.6 Å². The molecule has 3 rings (SSSR count). The molecule has 2 aromatic rings. The van der Waals surface area contributed by atoms with Crippen LogP contribution in [0.3, 0.4) is 0 Å². The van der Waals surface area contributed by atoms with Gasteiger partial charge in [-0.05, 0) is 66.6 Å². The first kappa shape index (κ1) is 23.9. The molecule has 0 bridgehead atoms. The number of rotatable bonds is 8. The zero-order valence-corrected chi connectivity index (χ0v) is 19.8. The summed E-state index contributed by atoms with van der Waals surface area (Å²) in [4.78, 5) is 26.4. The third-order valence-corrected chi connectivity index (χ3v) is 7.06. The highest BCUT2D eigenvalue weighted by molar-refractivity contribution is 7.89. The van der Waals surface area contributed by atoms with Crippen molar-refractivity contribution >= 4 is 33.2 Å². The molecular weight excluding hydrogens is 426 g/mol. The average Bonchev–Trinajstić information content (AvgIpc) is 3.17. The lowest BCUT2D eigenvalue weighted by atomic mass is 10.0. The minimum atomic E-state index is -3.93. The van der Waals surface area contributed by atoms with Crippen LogP contribution in [0.2, 0.25) is 0 Å². The molecule has 1 aliphatic rings. The number of nitrogens with zero attached hydrogens (tertiary/aromatic N) is 1. The molecule has 32 heavy (non-hydrogen) atoms. The molecule has 8 heteroatoms. The van der Waals surface area contributed by atoms with E-state index in [1.807, 2.05) is 38.1 Å². The van der Waals surface area contributed by atoms with Crippen LogP contribution in [-0.4, -0.2) is 32.8 Å². The van der Waals surface area contributed by atoms with Gasteiger partial charge in [-0.3, -0.25) is 9.59 Å². The number of sulfonamides is 1.